The van der Waals surface area contributed by atoms with Crippen molar-refractivity contribution in [1.82, 2.24) is 14.9 Å². The van der Waals surface area contributed by atoms with Gasteiger partial charge in [0.15, 0.2) is 0 Å². The van der Waals surface area contributed by atoms with Crippen LogP contribution in [0.15, 0.2) is 30.5 Å². The monoisotopic (exact) mass is 360 g/mol. The lowest BCUT2D eigenvalue weighted by atomic mass is 9.92. The Kier molecular flexibility index (Phi) is 4.89. The molecule has 0 unspecified atom stereocenters. The molecule has 26 heavy (non-hydrogen) atoms. The summed E-state index contributed by atoms with van der Waals surface area (Å²) in [6.45, 7) is 1.72. The molecular weight excluding hydrogens is 342 g/mol. The van der Waals surface area contributed by atoms with Crippen LogP contribution in [-0.2, 0) is 0 Å². The van der Waals surface area contributed by atoms with Crippen LogP contribution in [0.5, 0.6) is 11.8 Å². The third kappa shape index (κ3) is 4.17. The van der Waals surface area contributed by atoms with Crippen molar-refractivity contribution < 1.29 is 18.3 Å². The second-order valence-corrected chi connectivity index (χ2v) is 6.35. The van der Waals surface area contributed by atoms with Gasteiger partial charge in [0.1, 0.15) is 5.75 Å². The predicted molar refractivity (Wildman–Crippen MR) is 89.3 cm³/mol. The van der Waals surface area contributed by atoms with Gasteiger partial charge in [0.2, 0.25) is 5.92 Å². The molecule has 1 amide bonds. The number of carbonyl (C=O) groups is 1. The minimum atomic E-state index is -2.64. The van der Waals surface area contributed by atoms with E-state index < -0.39 is 12.0 Å². The van der Waals surface area contributed by atoms with E-state index in [2.05, 4.69) is 10.3 Å². The summed E-state index contributed by atoms with van der Waals surface area (Å²) in [5.74, 6) is -2.21. The van der Waals surface area contributed by atoms with Gasteiger partial charge in [-0.15, -0.1) is 0 Å². The van der Waals surface area contributed by atoms with Crippen molar-refractivity contribution in [3.63, 3.8) is 0 Å². The summed E-state index contributed by atoms with van der Waals surface area (Å²) in [4.78, 5) is 16.7. The summed E-state index contributed by atoms with van der Waals surface area (Å²) in [6.07, 6.45) is 1.53. The topological polar surface area (TPSA) is 79.9 Å². The van der Waals surface area contributed by atoms with Gasteiger partial charge in [-0.05, 0) is 44.0 Å². The zero-order chi connectivity index (χ0) is 18.7. The van der Waals surface area contributed by atoms with Crippen molar-refractivity contribution >= 4 is 6.03 Å². The Balaban J connectivity index is 1.70. The molecule has 1 aromatic heterocycles. The van der Waals surface area contributed by atoms with Crippen molar-refractivity contribution in [3.8, 4) is 17.8 Å². The van der Waals surface area contributed by atoms with Crippen LogP contribution in [0.2, 0.25) is 0 Å². The molecule has 1 aromatic carbocycles. The maximum absolute atomic E-state index is 13.2. The van der Waals surface area contributed by atoms with Gasteiger partial charge >= 0.3 is 12.0 Å². The molecule has 2 aromatic rings. The molecule has 0 aliphatic heterocycles. The Bertz CT molecular complexity index is 830. The van der Waals surface area contributed by atoms with Crippen LogP contribution in [0, 0.1) is 18.3 Å². The molecule has 1 aliphatic carbocycles. The average Bonchev–Trinajstić information content (AvgIpc) is 2.98. The summed E-state index contributed by atoms with van der Waals surface area (Å²) in [7, 11) is 0. The smallest absolute Gasteiger partial charge is 0.329 e. The predicted octanol–water partition coefficient (Wildman–Crippen LogP) is 3.99. The number of hydrogen-bond acceptors (Lipinski definition) is 4. The van der Waals surface area contributed by atoms with Crippen LogP contribution >= 0.6 is 0 Å². The number of aryl methyl sites for hydroxylation is 1. The van der Waals surface area contributed by atoms with Gasteiger partial charge in [-0.25, -0.2) is 18.1 Å². The molecule has 1 N–H and O–H groups in total. The second kappa shape index (κ2) is 7.12. The Morgan fingerprint density at radius 2 is 2.00 bits per heavy atom. The molecule has 0 bridgehead atoms. The Morgan fingerprint density at radius 3 is 2.62 bits per heavy atom. The van der Waals surface area contributed by atoms with Gasteiger partial charge in [0.05, 0.1) is 17.3 Å². The summed E-state index contributed by atoms with van der Waals surface area (Å²) in [5.41, 5.74) is 1.07. The van der Waals surface area contributed by atoms with E-state index in [0.717, 1.165) is 0 Å². The molecule has 1 fully saturated rings. The van der Waals surface area contributed by atoms with E-state index in [4.69, 9.17) is 10.00 Å². The largest absolute Gasteiger partial charge is 0.425 e. The third-order valence-electron chi connectivity index (χ3n) is 4.25. The maximum Gasteiger partial charge on any atom is 0.329 e. The highest BCUT2D eigenvalue weighted by Gasteiger charge is 2.35. The molecule has 0 atom stereocenters. The van der Waals surface area contributed by atoms with Gasteiger partial charge in [0, 0.05) is 25.1 Å². The van der Waals surface area contributed by atoms with Crippen LogP contribution in [0.25, 0.3) is 0 Å². The minimum Gasteiger partial charge on any atom is -0.425 e. The van der Waals surface area contributed by atoms with Gasteiger partial charge in [0.25, 0.3) is 0 Å². The molecule has 1 aliphatic rings. The molecule has 1 saturated carbocycles. The number of carbonyl (C=O) groups excluding carboxylic acids is 1. The number of nitrogens with one attached hydrogen (secondary N) is 1. The van der Waals surface area contributed by atoms with Crippen LogP contribution in [-0.4, -0.2) is 27.5 Å². The van der Waals surface area contributed by atoms with E-state index in [0.29, 0.717) is 17.0 Å². The van der Waals surface area contributed by atoms with Crippen molar-refractivity contribution in [2.45, 2.75) is 44.6 Å². The van der Waals surface area contributed by atoms with Crippen molar-refractivity contribution in [1.29, 1.82) is 5.26 Å². The lowest BCUT2D eigenvalue weighted by molar-refractivity contribution is -0.0395. The first-order valence-corrected chi connectivity index (χ1v) is 8.29. The molecule has 0 spiro atoms. The van der Waals surface area contributed by atoms with Gasteiger partial charge in [-0.1, -0.05) is 0 Å². The van der Waals surface area contributed by atoms with E-state index in [1.54, 1.807) is 31.2 Å². The number of halogens is 2. The third-order valence-corrected chi connectivity index (χ3v) is 4.25. The van der Waals surface area contributed by atoms with E-state index in [-0.39, 0.29) is 37.7 Å². The minimum absolute atomic E-state index is 0.0749. The molecule has 6 nitrogen and oxygen atoms in total. The number of amides is 1. The first-order valence-electron chi connectivity index (χ1n) is 8.29. The average molecular weight is 360 g/mol. The fourth-order valence-corrected chi connectivity index (χ4v) is 2.82. The number of ether oxygens (including phenoxy) is 1. The van der Waals surface area contributed by atoms with E-state index in [1.807, 2.05) is 6.07 Å². The van der Waals surface area contributed by atoms with Crippen LogP contribution in [0.1, 0.15) is 36.9 Å². The summed E-state index contributed by atoms with van der Waals surface area (Å²) in [6, 6.07) is 7.72. The number of imidazole rings is 1. The zero-order valence-electron chi connectivity index (χ0n) is 14.2. The van der Waals surface area contributed by atoms with E-state index >= 15 is 0 Å². The molecule has 136 valence electrons. The summed E-state index contributed by atoms with van der Waals surface area (Å²) < 4.78 is 33.3. The SMILES string of the molecule is Cc1cn(C(=O)NC2CCC(F)(F)CC2)c(Oc2ccc(C#N)cc2)n1. The van der Waals surface area contributed by atoms with Crippen LogP contribution in [0.4, 0.5) is 13.6 Å². The Hall–Kier alpha value is -2.95. The molecule has 3 rings (SSSR count). The quantitative estimate of drug-likeness (QED) is 0.897. The second-order valence-electron chi connectivity index (χ2n) is 6.35. The molecule has 1 heterocycles. The number of benzene rings is 1. The van der Waals surface area contributed by atoms with Crippen LogP contribution < -0.4 is 10.1 Å². The first-order chi connectivity index (χ1) is 12.4. The highest BCUT2D eigenvalue weighted by molar-refractivity contribution is 5.78. The number of rotatable bonds is 3. The highest BCUT2D eigenvalue weighted by Crippen LogP contribution is 2.33. The molecule has 0 radical (unpaired) electrons. The zero-order valence-corrected chi connectivity index (χ0v) is 14.2. The number of nitriles is 1. The molecule has 8 heteroatoms. The number of alkyl halides is 2. The van der Waals surface area contributed by atoms with Crippen molar-refractivity contribution in [2.24, 2.45) is 0 Å². The maximum atomic E-state index is 13.2. The number of nitrogens with zero attached hydrogens (tertiary/aromatic N) is 3. The van der Waals surface area contributed by atoms with E-state index in [9.17, 15) is 13.6 Å². The van der Waals surface area contributed by atoms with Gasteiger partial charge in [-0.3, -0.25) is 0 Å². The van der Waals surface area contributed by atoms with Gasteiger partial charge < -0.3 is 10.1 Å². The van der Waals surface area contributed by atoms with Crippen molar-refractivity contribution in [2.75, 3.05) is 0 Å². The standard InChI is InChI=1S/C18H18F2N4O2/c1-12-11-24(16(25)23-14-6-8-18(19,20)9-7-14)17(22-12)26-15-4-2-13(10-21)3-5-15/h2-5,11,14H,6-9H2,1H3,(H,23,25). The lowest BCUT2D eigenvalue weighted by Crippen LogP contribution is -2.42. The van der Waals surface area contributed by atoms with Crippen molar-refractivity contribution in [3.05, 3.63) is 41.7 Å². The molecular formula is C18H18F2N4O2. The summed E-state index contributed by atoms with van der Waals surface area (Å²) in [5, 5.41) is 11.6. The molecule has 0 saturated heterocycles. The lowest BCUT2D eigenvalue weighted by Gasteiger charge is -2.28. The Labute approximate surface area is 149 Å². The fraction of sp³-hybridized carbons (Fsp3) is 0.389. The Morgan fingerprint density at radius 1 is 1.35 bits per heavy atom. The highest BCUT2D eigenvalue weighted by atomic mass is 19.3. The van der Waals surface area contributed by atoms with Gasteiger partial charge in [-0.2, -0.15) is 10.2 Å². The van der Waals surface area contributed by atoms with Crippen LogP contribution in [0.3, 0.4) is 0 Å². The number of aromatic nitrogens is 2. The summed E-state index contributed by atoms with van der Waals surface area (Å²) >= 11 is 0. The fourth-order valence-electron chi connectivity index (χ4n) is 2.82. The first kappa shape index (κ1) is 17.9. The normalized spacial score (nSPS) is 16.7. The number of hydrogen-bond donors (Lipinski definition) is 1. The van der Waals surface area contributed by atoms with E-state index in [1.165, 1.54) is 10.8 Å².